The van der Waals surface area contributed by atoms with Gasteiger partial charge in [-0.25, -0.2) is 0 Å². The maximum Gasteiger partial charge on any atom is 0.0410 e. The molecule has 0 aliphatic heterocycles. The standard InChI is InChI=1S/C12H15Cl/c13-10-5-8-4-9(10)12-7-2-1-6(3-7)11(8)12/h6-7,9-10,12H,1-5H2. The minimum Gasteiger partial charge on any atom is -0.122 e. The topological polar surface area (TPSA) is 0 Å². The van der Waals surface area contributed by atoms with Crippen LogP contribution in [0.25, 0.3) is 0 Å². The summed E-state index contributed by atoms with van der Waals surface area (Å²) in [5.41, 5.74) is 3.71. The van der Waals surface area contributed by atoms with Crippen molar-refractivity contribution in [3.63, 3.8) is 0 Å². The summed E-state index contributed by atoms with van der Waals surface area (Å²) in [5.74, 6) is 3.88. The molecule has 0 spiro atoms. The lowest BCUT2D eigenvalue weighted by molar-refractivity contribution is 0.301. The van der Waals surface area contributed by atoms with Gasteiger partial charge in [0.2, 0.25) is 0 Å². The van der Waals surface area contributed by atoms with Gasteiger partial charge in [0, 0.05) is 5.38 Å². The predicted molar refractivity (Wildman–Crippen MR) is 53.7 cm³/mol. The Morgan fingerprint density at radius 2 is 2.08 bits per heavy atom. The Hall–Kier alpha value is 0.0300. The molecule has 0 amide bonds. The third kappa shape index (κ3) is 0.719. The van der Waals surface area contributed by atoms with E-state index in [1.807, 2.05) is 5.57 Å². The number of halogens is 1. The van der Waals surface area contributed by atoms with Gasteiger partial charge in [0.15, 0.2) is 0 Å². The lowest BCUT2D eigenvalue weighted by atomic mass is 9.76. The van der Waals surface area contributed by atoms with E-state index in [-0.39, 0.29) is 0 Å². The van der Waals surface area contributed by atoms with Gasteiger partial charge in [-0.1, -0.05) is 11.1 Å². The molecular formula is C12H15Cl. The fourth-order valence-corrected chi connectivity index (χ4v) is 5.16. The Bertz CT molecular complexity index is 304. The summed E-state index contributed by atoms with van der Waals surface area (Å²) >= 11 is 6.38. The number of hydrogen-bond donors (Lipinski definition) is 0. The second kappa shape index (κ2) is 2.16. The molecule has 0 aromatic carbocycles. The first-order valence-electron chi connectivity index (χ1n) is 5.70. The van der Waals surface area contributed by atoms with E-state index < -0.39 is 0 Å². The zero-order valence-corrected chi connectivity index (χ0v) is 8.56. The van der Waals surface area contributed by atoms with Gasteiger partial charge in [0.25, 0.3) is 0 Å². The maximum absolute atomic E-state index is 6.38. The van der Waals surface area contributed by atoms with Crippen LogP contribution in [0.5, 0.6) is 0 Å². The summed E-state index contributed by atoms with van der Waals surface area (Å²) in [6.07, 6.45) is 7.14. The highest BCUT2D eigenvalue weighted by atomic mass is 35.5. The Kier molecular flexibility index (Phi) is 1.22. The van der Waals surface area contributed by atoms with Crippen molar-refractivity contribution in [1.82, 2.24) is 0 Å². The highest BCUT2D eigenvalue weighted by Gasteiger charge is 2.55. The van der Waals surface area contributed by atoms with Gasteiger partial charge in [-0.05, 0) is 55.8 Å². The van der Waals surface area contributed by atoms with Gasteiger partial charge in [-0.3, -0.25) is 0 Å². The molecule has 0 heterocycles. The lowest BCUT2D eigenvalue weighted by Crippen LogP contribution is -2.25. The van der Waals surface area contributed by atoms with Crippen molar-refractivity contribution in [3.8, 4) is 0 Å². The normalized spacial score (nSPS) is 56.5. The van der Waals surface area contributed by atoms with Gasteiger partial charge in [0.05, 0.1) is 0 Å². The van der Waals surface area contributed by atoms with Crippen LogP contribution < -0.4 is 0 Å². The molecule has 0 aromatic rings. The van der Waals surface area contributed by atoms with E-state index in [0.717, 1.165) is 23.7 Å². The van der Waals surface area contributed by atoms with Crippen LogP contribution in [0.3, 0.4) is 0 Å². The second-order valence-electron chi connectivity index (χ2n) is 5.44. The third-order valence-corrected chi connectivity index (χ3v) is 5.52. The molecule has 70 valence electrons. The van der Waals surface area contributed by atoms with E-state index in [2.05, 4.69) is 0 Å². The van der Waals surface area contributed by atoms with Crippen molar-refractivity contribution in [2.24, 2.45) is 23.7 Å². The number of fused-ring (bicyclic) bond motifs is 8. The molecule has 4 aliphatic rings. The van der Waals surface area contributed by atoms with Crippen LogP contribution in [0.2, 0.25) is 0 Å². The van der Waals surface area contributed by atoms with E-state index in [0.29, 0.717) is 5.38 Å². The van der Waals surface area contributed by atoms with Gasteiger partial charge in [-0.15, -0.1) is 11.6 Å². The molecule has 5 atom stereocenters. The summed E-state index contributed by atoms with van der Waals surface area (Å²) < 4.78 is 0. The molecule has 4 rings (SSSR count). The fourth-order valence-electron chi connectivity index (χ4n) is 4.73. The first-order chi connectivity index (χ1) is 6.34. The van der Waals surface area contributed by atoms with Crippen LogP contribution in [-0.2, 0) is 0 Å². The van der Waals surface area contributed by atoms with Crippen molar-refractivity contribution in [2.45, 2.75) is 37.5 Å². The average Bonchev–Trinajstić information content (AvgIpc) is 2.78. The van der Waals surface area contributed by atoms with Crippen LogP contribution in [-0.4, -0.2) is 5.38 Å². The van der Waals surface area contributed by atoms with Gasteiger partial charge >= 0.3 is 0 Å². The number of alkyl halides is 1. The predicted octanol–water partition coefficient (Wildman–Crippen LogP) is 3.36. The third-order valence-electron chi connectivity index (χ3n) is 5.04. The lowest BCUT2D eigenvalue weighted by Gasteiger charge is -2.31. The Balaban J connectivity index is 1.86. The maximum atomic E-state index is 6.38. The fraction of sp³-hybridized carbons (Fsp3) is 0.833. The zero-order chi connectivity index (χ0) is 8.58. The molecular weight excluding hydrogens is 180 g/mol. The number of allylic oxidation sites excluding steroid dienone is 2. The van der Waals surface area contributed by atoms with E-state index in [1.54, 1.807) is 5.57 Å². The molecule has 3 saturated carbocycles. The summed E-state index contributed by atoms with van der Waals surface area (Å²) in [4.78, 5) is 0. The van der Waals surface area contributed by atoms with Gasteiger partial charge < -0.3 is 0 Å². The average molecular weight is 195 g/mol. The first-order valence-corrected chi connectivity index (χ1v) is 6.14. The Labute approximate surface area is 84.3 Å². The summed E-state index contributed by atoms with van der Waals surface area (Å²) in [6.45, 7) is 0. The monoisotopic (exact) mass is 194 g/mol. The van der Waals surface area contributed by atoms with Crippen LogP contribution in [0.15, 0.2) is 11.1 Å². The molecule has 3 fully saturated rings. The van der Waals surface area contributed by atoms with Gasteiger partial charge in [-0.2, -0.15) is 0 Å². The van der Waals surface area contributed by atoms with Crippen LogP contribution >= 0.6 is 11.6 Å². The smallest absolute Gasteiger partial charge is 0.0410 e. The van der Waals surface area contributed by atoms with E-state index in [9.17, 15) is 0 Å². The van der Waals surface area contributed by atoms with Gasteiger partial charge in [0.1, 0.15) is 0 Å². The minimum atomic E-state index is 0.503. The molecule has 13 heavy (non-hydrogen) atoms. The Morgan fingerprint density at radius 3 is 3.00 bits per heavy atom. The molecule has 4 bridgehead atoms. The number of hydrogen-bond acceptors (Lipinski definition) is 0. The molecule has 0 N–H and O–H groups in total. The SMILES string of the molecule is ClC1CC2=C3C4CCC(C4)C3C1C2. The molecule has 0 radical (unpaired) electrons. The van der Waals surface area contributed by atoms with Crippen molar-refractivity contribution in [2.75, 3.05) is 0 Å². The Morgan fingerprint density at radius 1 is 1.15 bits per heavy atom. The van der Waals surface area contributed by atoms with E-state index >= 15 is 0 Å². The van der Waals surface area contributed by atoms with Crippen LogP contribution in [0, 0.1) is 23.7 Å². The largest absolute Gasteiger partial charge is 0.122 e. The second-order valence-corrected chi connectivity index (χ2v) is 6.00. The molecule has 5 unspecified atom stereocenters. The highest BCUT2D eigenvalue weighted by molar-refractivity contribution is 6.21. The van der Waals surface area contributed by atoms with Crippen molar-refractivity contribution < 1.29 is 0 Å². The van der Waals surface area contributed by atoms with Crippen LogP contribution in [0.4, 0.5) is 0 Å². The molecule has 0 nitrogen and oxygen atoms in total. The van der Waals surface area contributed by atoms with Crippen LogP contribution in [0.1, 0.15) is 32.1 Å². The molecule has 1 heteroatoms. The zero-order valence-electron chi connectivity index (χ0n) is 7.80. The number of rotatable bonds is 0. The summed E-state index contributed by atoms with van der Waals surface area (Å²) in [6, 6.07) is 0. The molecule has 0 aromatic heterocycles. The van der Waals surface area contributed by atoms with E-state index in [4.69, 9.17) is 11.6 Å². The molecule has 0 saturated heterocycles. The van der Waals surface area contributed by atoms with Crippen molar-refractivity contribution in [1.29, 1.82) is 0 Å². The minimum absolute atomic E-state index is 0.503. The highest BCUT2D eigenvalue weighted by Crippen LogP contribution is 2.65. The quantitative estimate of drug-likeness (QED) is 0.410. The summed E-state index contributed by atoms with van der Waals surface area (Å²) in [7, 11) is 0. The first kappa shape index (κ1) is 7.34. The summed E-state index contributed by atoms with van der Waals surface area (Å²) in [5, 5.41) is 0.503. The van der Waals surface area contributed by atoms with Crippen molar-refractivity contribution >= 4 is 11.6 Å². The van der Waals surface area contributed by atoms with E-state index in [1.165, 1.54) is 32.1 Å². The molecule has 4 aliphatic carbocycles. The van der Waals surface area contributed by atoms with Crippen molar-refractivity contribution in [3.05, 3.63) is 11.1 Å².